The van der Waals surface area contributed by atoms with Gasteiger partial charge in [0.2, 0.25) is 0 Å². The minimum absolute atomic E-state index is 0.0624. The molecule has 0 aromatic heterocycles. The van der Waals surface area contributed by atoms with Gasteiger partial charge >= 0.3 is 0 Å². The van der Waals surface area contributed by atoms with Gasteiger partial charge in [-0.2, -0.15) is 0 Å². The van der Waals surface area contributed by atoms with Gasteiger partial charge in [0, 0.05) is 40.6 Å². The van der Waals surface area contributed by atoms with Crippen molar-refractivity contribution < 1.29 is 9.47 Å². The van der Waals surface area contributed by atoms with Gasteiger partial charge in [-0.1, -0.05) is 18.2 Å². The fourth-order valence-corrected chi connectivity index (χ4v) is 4.03. The molecule has 2 atom stereocenters. The molecule has 1 aliphatic carbocycles. The second kappa shape index (κ2) is 10.6. The van der Waals surface area contributed by atoms with Crippen molar-refractivity contribution in [2.45, 2.75) is 50.9 Å². The topological polar surface area (TPSA) is 71.8 Å². The Labute approximate surface area is 176 Å². The second-order valence-electron chi connectivity index (χ2n) is 8.00. The van der Waals surface area contributed by atoms with E-state index in [2.05, 4.69) is 48.6 Å². The van der Waals surface area contributed by atoms with E-state index in [0.29, 0.717) is 0 Å². The highest BCUT2D eigenvalue weighted by Gasteiger charge is 2.40. The maximum atomic E-state index is 6.22. The number of nitrogens with one attached hydrogen (secondary N) is 2. The molecular formula is C23H38N4O2. The average Bonchev–Trinajstić information content (AvgIpc) is 2.73. The van der Waals surface area contributed by atoms with Crippen LogP contribution in [0.15, 0.2) is 47.8 Å². The molecule has 0 fully saturated rings. The number of para-hydroxylation sites is 2. The van der Waals surface area contributed by atoms with Crippen molar-refractivity contribution >= 4 is 11.4 Å². The van der Waals surface area contributed by atoms with Crippen LogP contribution in [0.1, 0.15) is 33.1 Å². The van der Waals surface area contributed by atoms with E-state index in [1.165, 1.54) is 5.70 Å². The van der Waals surface area contributed by atoms with Gasteiger partial charge in [0.1, 0.15) is 6.10 Å². The van der Waals surface area contributed by atoms with E-state index in [-0.39, 0.29) is 17.7 Å². The van der Waals surface area contributed by atoms with Crippen molar-refractivity contribution in [3.8, 4) is 0 Å². The SMILES string of the molecule is CNC1=C(NCCC(OC)C(OC)C(C)(C)N(C)c2ccccc2N)CCC=C1. The van der Waals surface area contributed by atoms with Crippen LogP contribution in [-0.4, -0.2) is 52.6 Å². The van der Waals surface area contributed by atoms with Crippen LogP contribution in [0.3, 0.4) is 0 Å². The Morgan fingerprint density at radius 2 is 1.93 bits per heavy atom. The van der Waals surface area contributed by atoms with Gasteiger partial charge in [0.05, 0.1) is 28.7 Å². The van der Waals surface area contributed by atoms with Gasteiger partial charge in [0.25, 0.3) is 0 Å². The maximum Gasteiger partial charge on any atom is 0.106 e. The number of allylic oxidation sites excluding steroid dienone is 3. The lowest BCUT2D eigenvalue weighted by Crippen LogP contribution is -2.57. The lowest BCUT2D eigenvalue weighted by atomic mass is 9.88. The Bertz CT molecular complexity index is 715. The minimum atomic E-state index is -0.326. The number of rotatable bonds is 11. The van der Waals surface area contributed by atoms with Crippen molar-refractivity contribution in [2.75, 3.05) is 45.5 Å². The Balaban J connectivity index is 2.09. The maximum absolute atomic E-state index is 6.22. The fraction of sp³-hybridized carbons (Fsp3) is 0.565. The van der Waals surface area contributed by atoms with E-state index in [4.69, 9.17) is 15.2 Å². The summed E-state index contributed by atoms with van der Waals surface area (Å²) in [6, 6.07) is 7.91. The van der Waals surface area contributed by atoms with E-state index in [1.807, 2.05) is 31.3 Å². The molecule has 0 heterocycles. The molecular weight excluding hydrogens is 364 g/mol. The molecule has 6 heteroatoms. The summed E-state index contributed by atoms with van der Waals surface area (Å²) in [5, 5.41) is 6.84. The van der Waals surface area contributed by atoms with E-state index in [9.17, 15) is 0 Å². The molecule has 162 valence electrons. The Kier molecular flexibility index (Phi) is 8.41. The summed E-state index contributed by atoms with van der Waals surface area (Å²) < 4.78 is 11.8. The third kappa shape index (κ3) is 5.46. The Morgan fingerprint density at radius 1 is 1.21 bits per heavy atom. The number of nitrogens with zero attached hydrogens (tertiary/aromatic N) is 1. The molecule has 0 bridgehead atoms. The Morgan fingerprint density at radius 3 is 2.55 bits per heavy atom. The number of nitrogens with two attached hydrogens (primary N) is 1. The number of nitrogen functional groups attached to an aromatic ring is 1. The number of methoxy groups -OCH3 is 2. The van der Waals surface area contributed by atoms with Gasteiger partial charge in [-0.05, 0) is 51.3 Å². The number of anilines is 2. The van der Waals surface area contributed by atoms with E-state index in [0.717, 1.165) is 42.9 Å². The number of ether oxygens (including phenoxy) is 2. The van der Waals surface area contributed by atoms with Gasteiger partial charge in [0.15, 0.2) is 0 Å². The summed E-state index contributed by atoms with van der Waals surface area (Å²) in [7, 11) is 7.52. The highest BCUT2D eigenvalue weighted by Crippen LogP contribution is 2.32. The number of benzene rings is 1. The van der Waals surface area contributed by atoms with Crippen molar-refractivity contribution in [3.05, 3.63) is 47.8 Å². The lowest BCUT2D eigenvalue weighted by molar-refractivity contribution is -0.0693. The first kappa shape index (κ1) is 23.1. The smallest absolute Gasteiger partial charge is 0.106 e. The van der Waals surface area contributed by atoms with Crippen LogP contribution in [0.2, 0.25) is 0 Å². The third-order valence-corrected chi connectivity index (χ3v) is 5.96. The minimum Gasteiger partial charge on any atom is -0.397 e. The molecule has 0 amide bonds. The van der Waals surface area contributed by atoms with Gasteiger partial charge in [-0.3, -0.25) is 0 Å². The van der Waals surface area contributed by atoms with Crippen molar-refractivity contribution in [1.29, 1.82) is 0 Å². The average molecular weight is 403 g/mol. The molecule has 1 aromatic carbocycles. The normalized spacial score (nSPS) is 16.5. The molecule has 0 aliphatic heterocycles. The van der Waals surface area contributed by atoms with Crippen molar-refractivity contribution in [2.24, 2.45) is 0 Å². The summed E-state index contributed by atoms with van der Waals surface area (Å²) in [5.41, 5.74) is 10.1. The highest BCUT2D eigenvalue weighted by atomic mass is 16.5. The van der Waals surface area contributed by atoms with E-state index in [1.54, 1.807) is 14.2 Å². The largest absolute Gasteiger partial charge is 0.397 e. The van der Waals surface area contributed by atoms with Crippen LogP contribution >= 0.6 is 0 Å². The Hall–Kier alpha value is -2.18. The summed E-state index contributed by atoms with van der Waals surface area (Å²) in [6.45, 7) is 5.15. The van der Waals surface area contributed by atoms with Crippen LogP contribution in [0.25, 0.3) is 0 Å². The van der Waals surface area contributed by atoms with E-state index < -0.39 is 0 Å². The molecule has 1 aliphatic rings. The van der Waals surface area contributed by atoms with Gasteiger partial charge < -0.3 is 30.7 Å². The molecule has 2 rings (SSSR count). The lowest BCUT2D eigenvalue weighted by Gasteiger charge is -2.45. The van der Waals surface area contributed by atoms with Crippen LogP contribution < -0.4 is 21.3 Å². The van der Waals surface area contributed by atoms with Crippen LogP contribution in [0.4, 0.5) is 11.4 Å². The molecule has 2 unspecified atom stereocenters. The second-order valence-corrected chi connectivity index (χ2v) is 8.00. The summed E-state index contributed by atoms with van der Waals surface area (Å²) in [4.78, 5) is 2.18. The van der Waals surface area contributed by atoms with Crippen LogP contribution in [0.5, 0.6) is 0 Å². The third-order valence-electron chi connectivity index (χ3n) is 5.96. The molecule has 0 saturated carbocycles. The molecule has 0 spiro atoms. The van der Waals surface area contributed by atoms with Gasteiger partial charge in [-0.15, -0.1) is 0 Å². The molecule has 0 saturated heterocycles. The zero-order chi connectivity index (χ0) is 21.4. The molecule has 0 radical (unpaired) electrons. The number of hydrogen-bond acceptors (Lipinski definition) is 6. The van der Waals surface area contributed by atoms with Gasteiger partial charge in [-0.25, -0.2) is 0 Å². The first-order chi connectivity index (χ1) is 13.9. The van der Waals surface area contributed by atoms with Crippen LogP contribution in [0, 0.1) is 0 Å². The number of likely N-dealkylation sites (N-methyl/N-ethyl adjacent to an activating group) is 2. The van der Waals surface area contributed by atoms with E-state index >= 15 is 0 Å². The number of hydrogen-bond donors (Lipinski definition) is 3. The molecule has 6 nitrogen and oxygen atoms in total. The molecule has 4 N–H and O–H groups in total. The zero-order valence-electron chi connectivity index (χ0n) is 18.8. The molecule has 29 heavy (non-hydrogen) atoms. The zero-order valence-corrected chi connectivity index (χ0v) is 18.8. The molecule has 1 aromatic rings. The van der Waals surface area contributed by atoms with Crippen molar-refractivity contribution in [3.63, 3.8) is 0 Å². The first-order valence-electron chi connectivity index (χ1n) is 10.3. The fourth-order valence-electron chi connectivity index (χ4n) is 4.03. The highest BCUT2D eigenvalue weighted by molar-refractivity contribution is 5.68. The summed E-state index contributed by atoms with van der Waals surface area (Å²) in [6.07, 6.45) is 7.07. The predicted octanol–water partition coefficient (Wildman–Crippen LogP) is 3.27. The summed E-state index contributed by atoms with van der Waals surface area (Å²) >= 11 is 0. The van der Waals surface area contributed by atoms with Crippen LogP contribution in [-0.2, 0) is 9.47 Å². The van der Waals surface area contributed by atoms with Crippen molar-refractivity contribution in [1.82, 2.24) is 10.6 Å². The first-order valence-corrected chi connectivity index (χ1v) is 10.3. The monoisotopic (exact) mass is 402 g/mol. The summed E-state index contributed by atoms with van der Waals surface area (Å²) in [5.74, 6) is 0. The quantitative estimate of drug-likeness (QED) is 0.494. The standard InChI is InChI=1S/C23H38N4O2/c1-23(2,27(4)20-14-10-7-11-17(20)24)22(29-6)21(28-5)15-16-26-19-13-9-8-12-18(19)25-3/h7-8,10-12,14,21-22,25-26H,9,13,15-16,24H2,1-6H3. The predicted molar refractivity (Wildman–Crippen MR) is 122 cm³/mol.